The smallest absolute Gasteiger partial charge is 0.348 e. The van der Waals surface area contributed by atoms with Crippen LogP contribution in [0.5, 0.6) is 0 Å². The second kappa shape index (κ2) is 7.61. The van der Waals surface area contributed by atoms with E-state index in [0.29, 0.717) is 16.8 Å². The second-order valence-electron chi connectivity index (χ2n) is 7.03. The summed E-state index contributed by atoms with van der Waals surface area (Å²) in [5.74, 6) is -0.285. The third-order valence-corrected chi connectivity index (χ3v) is 4.33. The Labute approximate surface area is 160 Å². The van der Waals surface area contributed by atoms with E-state index in [4.69, 9.17) is 0 Å². The van der Waals surface area contributed by atoms with Crippen LogP contribution in [0.2, 0.25) is 0 Å². The lowest BCUT2D eigenvalue weighted by molar-refractivity contribution is -0.137. The molecule has 28 heavy (non-hydrogen) atoms. The van der Waals surface area contributed by atoms with Crippen molar-refractivity contribution in [2.24, 2.45) is 5.92 Å². The van der Waals surface area contributed by atoms with Gasteiger partial charge < -0.3 is 10.6 Å². The summed E-state index contributed by atoms with van der Waals surface area (Å²) in [6.07, 6.45) is -2.75. The Balaban J connectivity index is 1.70. The van der Waals surface area contributed by atoms with Gasteiger partial charge in [-0.2, -0.15) is 13.2 Å². The van der Waals surface area contributed by atoms with Gasteiger partial charge in [0.15, 0.2) is 0 Å². The maximum Gasteiger partial charge on any atom is 0.416 e. The Kier molecular flexibility index (Phi) is 5.40. The van der Waals surface area contributed by atoms with Gasteiger partial charge in [-0.05, 0) is 56.5 Å². The number of aromatic nitrogens is 1. The molecule has 2 aromatic rings. The molecule has 148 valence electrons. The summed E-state index contributed by atoms with van der Waals surface area (Å²) in [5.41, 5.74) is 0.898. The van der Waals surface area contributed by atoms with E-state index in [1.165, 1.54) is 6.07 Å². The fourth-order valence-electron chi connectivity index (χ4n) is 2.85. The van der Waals surface area contributed by atoms with Gasteiger partial charge in [-0.1, -0.05) is 11.6 Å². The fourth-order valence-corrected chi connectivity index (χ4v) is 2.85. The summed E-state index contributed by atoms with van der Waals surface area (Å²) in [7, 11) is 0. The molecule has 0 bridgehead atoms. The number of alkyl halides is 3. The summed E-state index contributed by atoms with van der Waals surface area (Å²) in [6.45, 7) is 3.22. The van der Waals surface area contributed by atoms with Gasteiger partial charge in [0.25, 0.3) is 5.91 Å². The Morgan fingerprint density at radius 1 is 1.11 bits per heavy atom. The van der Waals surface area contributed by atoms with Crippen molar-refractivity contribution in [2.45, 2.75) is 39.4 Å². The predicted molar refractivity (Wildman–Crippen MR) is 97.7 cm³/mol. The number of carbonyl (C=O) groups is 2. The van der Waals surface area contributed by atoms with Crippen LogP contribution < -0.4 is 10.6 Å². The van der Waals surface area contributed by atoms with Crippen molar-refractivity contribution in [3.63, 3.8) is 0 Å². The summed E-state index contributed by atoms with van der Waals surface area (Å²) in [6, 6.07) is 6.69. The van der Waals surface area contributed by atoms with Crippen molar-refractivity contribution < 1.29 is 22.8 Å². The standard InChI is InChI=1S/C20H20F3N3O2/c1-11-5-13(8-16(6-11)20(21,22)23)10-24-18(27)15-7-12(2)25-17(9-15)26-19(28)14-3-4-14/h5-9,14H,3-4,10H2,1-2H3,(H,24,27)(H,25,26,28). The molecule has 1 aliphatic carbocycles. The summed E-state index contributed by atoms with van der Waals surface area (Å²) >= 11 is 0. The topological polar surface area (TPSA) is 71.1 Å². The van der Waals surface area contributed by atoms with E-state index in [-0.39, 0.29) is 29.8 Å². The molecule has 0 radical (unpaired) electrons. The second-order valence-corrected chi connectivity index (χ2v) is 7.03. The maximum absolute atomic E-state index is 12.9. The lowest BCUT2D eigenvalue weighted by atomic mass is 10.1. The molecule has 0 unspecified atom stereocenters. The molecule has 1 saturated carbocycles. The van der Waals surface area contributed by atoms with E-state index >= 15 is 0 Å². The average Bonchev–Trinajstić information content (AvgIpc) is 3.43. The number of amides is 2. The number of halogens is 3. The Morgan fingerprint density at radius 2 is 1.82 bits per heavy atom. The highest BCUT2D eigenvalue weighted by molar-refractivity contribution is 5.97. The van der Waals surface area contributed by atoms with Crippen molar-refractivity contribution in [1.82, 2.24) is 10.3 Å². The maximum atomic E-state index is 12.9. The molecule has 0 saturated heterocycles. The number of benzene rings is 1. The molecule has 2 N–H and O–H groups in total. The van der Waals surface area contributed by atoms with Gasteiger partial charge in [-0.15, -0.1) is 0 Å². The molecule has 1 aromatic heterocycles. The highest BCUT2D eigenvalue weighted by Crippen LogP contribution is 2.31. The minimum absolute atomic E-state index is 0.00346. The van der Waals surface area contributed by atoms with Crippen LogP contribution in [-0.2, 0) is 17.5 Å². The molecule has 2 amide bonds. The third kappa shape index (κ3) is 5.09. The van der Waals surface area contributed by atoms with E-state index in [9.17, 15) is 22.8 Å². The van der Waals surface area contributed by atoms with E-state index in [2.05, 4.69) is 15.6 Å². The first-order valence-corrected chi connectivity index (χ1v) is 8.87. The normalized spacial score (nSPS) is 13.9. The van der Waals surface area contributed by atoms with E-state index in [1.807, 2.05) is 0 Å². The van der Waals surface area contributed by atoms with Crippen LogP contribution in [-0.4, -0.2) is 16.8 Å². The molecule has 1 aliphatic rings. The monoisotopic (exact) mass is 391 g/mol. The SMILES string of the molecule is Cc1cc(CNC(=O)c2cc(C)nc(NC(=O)C3CC3)c2)cc(C(F)(F)F)c1. The van der Waals surface area contributed by atoms with Gasteiger partial charge >= 0.3 is 6.18 Å². The molecule has 8 heteroatoms. The minimum atomic E-state index is -4.44. The third-order valence-electron chi connectivity index (χ3n) is 4.33. The van der Waals surface area contributed by atoms with Crippen molar-refractivity contribution in [1.29, 1.82) is 0 Å². The molecular weight excluding hydrogens is 371 g/mol. The van der Waals surface area contributed by atoms with Crippen LogP contribution in [0.15, 0.2) is 30.3 Å². The van der Waals surface area contributed by atoms with Crippen molar-refractivity contribution in [3.05, 3.63) is 58.3 Å². The predicted octanol–water partition coefficient (Wildman–Crippen LogP) is 4.00. The van der Waals surface area contributed by atoms with Crippen LogP contribution in [0, 0.1) is 19.8 Å². The minimum Gasteiger partial charge on any atom is -0.348 e. The van der Waals surface area contributed by atoms with Crippen LogP contribution in [0.1, 0.15) is 45.6 Å². The molecular formula is C20H20F3N3O2. The van der Waals surface area contributed by atoms with Crippen molar-refractivity contribution in [2.75, 3.05) is 5.32 Å². The van der Waals surface area contributed by atoms with Gasteiger partial charge in [-0.3, -0.25) is 9.59 Å². The number of carbonyl (C=O) groups excluding carboxylic acids is 2. The number of nitrogens with zero attached hydrogens (tertiary/aromatic N) is 1. The number of hydrogen-bond acceptors (Lipinski definition) is 3. The van der Waals surface area contributed by atoms with Gasteiger partial charge in [0, 0.05) is 23.7 Å². The molecule has 1 aromatic carbocycles. The lowest BCUT2D eigenvalue weighted by Crippen LogP contribution is -2.24. The zero-order chi connectivity index (χ0) is 20.5. The number of rotatable bonds is 5. The Bertz CT molecular complexity index is 921. The van der Waals surface area contributed by atoms with E-state index in [1.54, 1.807) is 26.0 Å². The lowest BCUT2D eigenvalue weighted by Gasteiger charge is -2.12. The number of hydrogen-bond donors (Lipinski definition) is 2. The zero-order valence-corrected chi connectivity index (χ0v) is 15.5. The summed E-state index contributed by atoms with van der Waals surface area (Å²) in [5, 5.41) is 5.31. The molecule has 0 atom stereocenters. The van der Waals surface area contributed by atoms with Gasteiger partial charge in [0.05, 0.1) is 5.56 Å². The summed E-state index contributed by atoms with van der Waals surface area (Å²) < 4.78 is 38.8. The van der Waals surface area contributed by atoms with Gasteiger partial charge in [-0.25, -0.2) is 4.98 Å². The van der Waals surface area contributed by atoms with Crippen molar-refractivity contribution in [3.8, 4) is 0 Å². The first-order chi connectivity index (χ1) is 13.1. The molecule has 0 spiro atoms. The van der Waals surface area contributed by atoms with Crippen molar-refractivity contribution >= 4 is 17.6 Å². The average molecular weight is 391 g/mol. The number of nitrogens with one attached hydrogen (secondary N) is 2. The molecule has 1 heterocycles. The molecule has 5 nitrogen and oxygen atoms in total. The van der Waals surface area contributed by atoms with Crippen LogP contribution in [0.25, 0.3) is 0 Å². The molecule has 1 fully saturated rings. The number of aryl methyl sites for hydroxylation is 2. The Hall–Kier alpha value is -2.90. The zero-order valence-electron chi connectivity index (χ0n) is 15.5. The van der Waals surface area contributed by atoms with E-state index < -0.39 is 17.6 Å². The van der Waals surface area contributed by atoms with Gasteiger partial charge in [0.2, 0.25) is 5.91 Å². The van der Waals surface area contributed by atoms with E-state index in [0.717, 1.165) is 25.0 Å². The first-order valence-electron chi connectivity index (χ1n) is 8.87. The highest BCUT2D eigenvalue weighted by Gasteiger charge is 2.31. The largest absolute Gasteiger partial charge is 0.416 e. The van der Waals surface area contributed by atoms with Crippen LogP contribution >= 0.6 is 0 Å². The fraction of sp³-hybridized carbons (Fsp3) is 0.350. The summed E-state index contributed by atoms with van der Waals surface area (Å²) in [4.78, 5) is 28.5. The highest BCUT2D eigenvalue weighted by atomic mass is 19.4. The molecule has 0 aliphatic heterocycles. The molecule has 3 rings (SSSR count). The Morgan fingerprint density at radius 3 is 2.46 bits per heavy atom. The van der Waals surface area contributed by atoms with Gasteiger partial charge in [0.1, 0.15) is 5.82 Å². The number of pyridine rings is 1. The number of anilines is 1. The van der Waals surface area contributed by atoms with Crippen LogP contribution in [0.4, 0.5) is 19.0 Å². The first kappa shape index (κ1) is 19.9. The quantitative estimate of drug-likeness (QED) is 0.810. The van der Waals surface area contributed by atoms with Crippen LogP contribution in [0.3, 0.4) is 0 Å².